The quantitative estimate of drug-likeness (QED) is 0.711. The summed E-state index contributed by atoms with van der Waals surface area (Å²) in [5.41, 5.74) is 1.35. The first kappa shape index (κ1) is 11.5. The summed E-state index contributed by atoms with van der Waals surface area (Å²) in [7, 11) is 1.68. The average Bonchev–Trinajstić information content (AvgIpc) is 2.19. The van der Waals surface area contributed by atoms with Crippen molar-refractivity contribution in [2.24, 2.45) is 0 Å². The molecular formula is C10H14O3. The summed E-state index contributed by atoms with van der Waals surface area (Å²) in [5, 5.41) is 6.89. The van der Waals surface area contributed by atoms with Crippen molar-refractivity contribution in [1.82, 2.24) is 0 Å². The Bertz CT molecular complexity index is 205. The van der Waals surface area contributed by atoms with Crippen molar-refractivity contribution in [3.05, 3.63) is 29.8 Å². The van der Waals surface area contributed by atoms with Crippen molar-refractivity contribution in [1.29, 1.82) is 0 Å². The van der Waals surface area contributed by atoms with Crippen LogP contribution in [0, 0.1) is 0 Å². The minimum Gasteiger partial charge on any atom is -0.497 e. The summed E-state index contributed by atoms with van der Waals surface area (Å²) in [6.07, 6.45) is 1.09. The molecule has 0 heterocycles. The van der Waals surface area contributed by atoms with Gasteiger partial charge in [0, 0.05) is 0 Å². The zero-order valence-corrected chi connectivity index (χ0v) is 7.86. The van der Waals surface area contributed by atoms with E-state index in [4.69, 9.17) is 14.6 Å². The van der Waals surface area contributed by atoms with E-state index >= 15 is 0 Å². The molecule has 1 rings (SSSR count). The molecular weight excluding hydrogens is 168 g/mol. The van der Waals surface area contributed by atoms with Crippen LogP contribution in [0.2, 0.25) is 0 Å². The SMILES string of the molecule is CCc1ccc(OC)cc1.O=CO. The van der Waals surface area contributed by atoms with Crippen LogP contribution in [0.3, 0.4) is 0 Å². The number of aryl methyl sites for hydroxylation is 1. The Labute approximate surface area is 78.0 Å². The molecule has 0 aliphatic carbocycles. The van der Waals surface area contributed by atoms with Gasteiger partial charge in [0.05, 0.1) is 7.11 Å². The molecule has 0 saturated carbocycles. The number of benzene rings is 1. The van der Waals surface area contributed by atoms with Crippen LogP contribution in [-0.4, -0.2) is 18.7 Å². The second kappa shape index (κ2) is 7.16. The van der Waals surface area contributed by atoms with Gasteiger partial charge in [-0.05, 0) is 24.1 Å². The smallest absolute Gasteiger partial charge is 0.290 e. The Kier molecular flexibility index (Phi) is 6.32. The maximum atomic E-state index is 8.36. The van der Waals surface area contributed by atoms with E-state index in [1.165, 1.54) is 5.56 Å². The van der Waals surface area contributed by atoms with Gasteiger partial charge in [0.15, 0.2) is 0 Å². The Morgan fingerprint density at radius 3 is 2.15 bits per heavy atom. The fourth-order valence-corrected chi connectivity index (χ4v) is 0.861. The van der Waals surface area contributed by atoms with Crippen LogP contribution in [0.1, 0.15) is 12.5 Å². The lowest BCUT2D eigenvalue weighted by molar-refractivity contribution is -0.122. The standard InChI is InChI=1S/C9H12O.CH2O2/c1-3-8-4-6-9(10-2)7-5-8;2-1-3/h4-7H,3H2,1-2H3;1H,(H,2,3). The number of rotatable bonds is 2. The maximum absolute atomic E-state index is 8.36. The predicted molar refractivity (Wildman–Crippen MR) is 51.1 cm³/mol. The minimum atomic E-state index is -0.250. The van der Waals surface area contributed by atoms with Crippen LogP contribution >= 0.6 is 0 Å². The van der Waals surface area contributed by atoms with Crippen molar-refractivity contribution in [3.8, 4) is 5.75 Å². The number of carbonyl (C=O) groups is 1. The molecule has 0 aliphatic rings. The lowest BCUT2D eigenvalue weighted by Crippen LogP contribution is -1.83. The zero-order valence-electron chi connectivity index (χ0n) is 7.86. The third kappa shape index (κ3) is 4.85. The highest BCUT2D eigenvalue weighted by Gasteiger charge is 1.89. The van der Waals surface area contributed by atoms with Crippen LogP contribution in [0.25, 0.3) is 0 Å². The highest BCUT2D eigenvalue weighted by Crippen LogP contribution is 2.10. The predicted octanol–water partition coefficient (Wildman–Crippen LogP) is 1.96. The first-order chi connectivity index (χ1) is 6.28. The monoisotopic (exact) mass is 182 g/mol. The number of carboxylic acid groups (broad SMARTS) is 1. The summed E-state index contributed by atoms with van der Waals surface area (Å²) < 4.78 is 5.01. The lowest BCUT2D eigenvalue weighted by Gasteiger charge is -1.99. The van der Waals surface area contributed by atoms with Crippen molar-refractivity contribution in [3.63, 3.8) is 0 Å². The van der Waals surface area contributed by atoms with Gasteiger partial charge in [-0.25, -0.2) is 0 Å². The van der Waals surface area contributed by atoms with Gasteiger partial charge < -0.3 is 9.84 Å². The second-order valence-electron chi connectivity index (χ2n) is 2.31. The molecule has 0 saturated heterocycles. The molecule has 0 atom stereocenters. The molecule has 3 nitrogen and oxygen atoms in total. The Morgan fingerprint density at radius 2 is 1.85 bits per heavy atom. The Balaban J connectivity index is 0.000000424. The van der Waals surface area contributed by atoms with E-state index in [0.29, 0.717) is 0 Å². The molecule has 0 bridgehead atoms. The molecule has 0 aromatic heterocycles. The second-order valence-corrected chi connectivity index (χ2v) is 2.31. The van der Waals surface area contributed by atoms with Crippen molar-refractivity contribution in [2.75, 3.05) is 7.11 Å². The largest absolute Gasteiger partial charge is 0.497 e. The fraction of sp³-hybridized carbons (Fsp3) is 0.300. The molecule has 0 fully saturated rings. The topological polar surface area (TPSA) is 46.5 Å². The normalized spacial score (nSPS) is 8.15. The van der Waals surface area contributed by atoms with Gasteiger partial charge in [0.2, 0.25) is 0 Å². The van der Waals surface area contributed by atoms with Gasteiger partial charge in [-0.2, -0.15) is 0 Å². The van der Waals surface area contributed by atoms with Gasteiger partial charge in [0.1, 0.15) is 5.75 Å². The third-order valence-corrected chi connectivity index (χ3v) is 1.57. The summed E-state index contributed by atoms with van der Waals surface area (Å²) in [5.74, 6) is 0.928. The summed E-state index contributed by atoms with van der Waals surface area (Å²) in [4.78, 5) is 8.36. The molecule has 3 heteroatoms. The molecule has 1 aromatic rings. The van der Waals surface area contributed by atoms with Gasteiger partial charge in [-0.1, -0.05) is 19.1 Å². The molecule has 1 aromatic carbocycles. The number of methoxy groups -OCH3 is 1. The van der Waals surface area contributed by atoms with E-state index < -0.39 is 0 Å². The van der Waals surface area contributed by atoms with E-state index in [1.807, 2.05) is 12.1 Å². The first-order valence-electron chi connectivity index (χ1n) is 3.99. The Hall–Kier alpha value is -1.51. The van der Waals surface area contributed by atoms with Gasteiger partial charge in [0.25, 0.3) is 6.47 Å². The van der Waals surface area contributed by atoms with Crippen LogP contribution in [-0.2, 0) is 11.2 Å². The van der Waals surface area contributed by atoms with Crippen LogP contribution in [0.15, 0.2) is 24.3 Å². The third-order valence-electron chi connectivity index (χ3n) is 1.57. The van der Waals surface area contributed by atoms with Gasteiger partial charge in [-0.3, -0.25) is 4.79 Å². The summed E-state index contributed by atoms with van der Waals surface area (Å²) >= 11 is 0. The zero-order chi connectivity index (χ0) is 10.1. The van der Waals surface area contributed by atoms with Crippen LogP contribution < -0.4 is 4.74 Å². The van der Waals surface area contributed by atoms with E-state index in [0.717, 1.165) is 12.2 Å². The molecule has 0 unspecified atom stereocenters. The van der Waals surface area contributed by atoms with Crippen LogP contribution in [0.5, 0.6) is 5.75 Å². The van der Waals surface area contributed by atoms with E-state index in [1.54, 1.807) is 7.11 Å². The van der Waals surface area contributed by atoms with Crippen molar-refractivity contribution >= 4 is 6.47 Å². The molecule has 72 valence electrons. The van der Waals surface area contributed by atoms with E-state index in [9.17, 15) is 0 Å². The minimum absolute atomic E-state index is 0.250. The average molecular weight is 182 g/mol. The van der Waals surface area contributed by atoms with Crippen molar-refractivity contribution < 1.29 is 14.6 Å². The highest BCUT2D eigenvalue weighted by molar-refractivity contribution is 5.32. The molecule has 0 aliphatic heterocycles. The number of hydrogen-bond acceptors (Lipinski definition) is 2. The number of hydrogen-bond donors (Lipinski definition) is 1. The Morgan fingerprint density at radius 1 is 1.38 bits per heavy atom. The van der Waals surface area contributed by atoms with Gasteiger partial charge >= 0.3 is 0 Å². The molecule has 0 radical (unpaired) electrons. The molecule has 0 amide bonds. The summed E-state index contributed by atoms with van der Waals surface area (Å²) in [6.45, 7) is 1.89. The highest BCUT2D eigenvalue weighted by atomic mass is 16.5. The van der Waals surface area contributed by atoms with Crippen molar-refractivity contribution in [2.45, 2.75) is 13.3 Å². The van der Waals surface area contributed by atoms with E-state index in [2.05, 4.69) is 19.1 Å². The fourth-order valence-electron chi connectivity index (χ4n) is 0.861. The summed E-state index contributed by atoms with van der Waals surface area (Å²) in [6, 6.07) is 8.13. The van der Waals surface area contributed by atoms with Gasteiger partial charge in [-0.15, -0.1) is 0 Å². The maximum Gasteiger partial charge on any atom is 0.290 e. The molecule has 13 heavy (non-hydrogen) atoms. The van der Waals surface area contributed by atoms with E-state index in [-0.39, 0.29) is 6.47 Å². The molecule has 1 N–H and O–H groups in total. The number of ether oxygens (including phenoxy) is 1. The van der Waals surface area contributed by atoms with Crippen LogP contribution in [0.4, 0.5) is 0 Å². The first-order valence-corrected chi connectivity index (χ1v) is 3.99. The molecule has 0 spiro atoms. The lowest BCUT2D eigenvalue weighted by atomic mass is 10.2.